The summed E-state index contributed by atoms with van der Waals surface area (Å²) in [5.41, 5.74) is 3.38. The van der Waals surface area contributed by atoms with Crippen molar-refractivity contribution >= 4 is 17.1 Å². The Morgan fingerprint density at radius 2 is 1.61 bits per heavy atom. The van der Waals surface area contributed by atoms with Gasteiger partial charge in [-0.25, -0.2) is 4.39 Å². The molecule has 4 aromatic rings. The van der Waals surface area contributed by atoms with Gasteiger partial charge in [0.15, 0.2) is 17.3 Å². The Morgan fingerprint density at radius 3 is 2.16 bits per heavy atom. The molecule has 2 aromatic heterocycles. The summed E-state index contributed by atoms with van der Waals surface area (Å²) >= 11 is 1.55. The summed E-state index contributed by atoms with van der Waals surface area (Å²) in [6, 6.07) is 11.3. The number of aromatic nitrogens is 1. The van der Waals surface area contributed by atoms with Crippen molar-refractivity contribution < 1.29 is 23.4 Å². The Balaban J connectivity index is 1.85. The van der Waals surface area contributed by atoms with Gasteiger partial charge >= 0.3 is 0 Å². The largest absolute Gasteiger partial charge is 0.493 e. The van der Waals surface area contributed by atoms with Crippen molar-refractivity contribution in [1.29, 1.82) is 0 Å². The smallest absolute Gasteiger partial charge is 0.203 e. The lowest BCUT2D eigenvalue weighted by molar-refractivity contribution is 0.103. The predicted octanol–water partition coefficient (Wildman–Crippen LogP) is 5.60. The zero-order valence-electron chi connectivity index (χ0n) is 17.2. The third kappa shape index (κ3) is 3.92. The van der Waals surface area contributed by atoms with E-state index in [2.05, 4.69) is 0 Å². The van der Waals surface area contributed by atoms with E-state index in [9.17, 15) is 9.18 Å². The van der Waals surface area contributed by atoms with Crippen LogP contribution in [0, 0.1) is 5.82 Å². The van der Waals surface area contributed by atoms with Gasteiger partial charge in [-0.15, -0.1) is 0 Å². The number of nitrogens with zero attached hydrogens (tertiary/aromatic N) is 1. The minimum absolute atomic E-state index is 0.193. The Labute approximate surface area is 183 Å². The van der Waals surface area contributed by atoms with Gasteiger partial charge < -0.3 is 18.8 Å². The van der Waals surface area contributed by atoms with Gasteiger partial charge in [-0.3, -0.25) is 4.79 Å². The van der Waals surface area contributed by atoms with E-state index in [1.807, 2.05) is 27.6 Å². The second-order valence-corrected chi connectivity index (χ2v) is 7.50. The first-order valence-electron chi connectivity index (χ1n) is 9.41. The first-order chi connectivity index (χ1) is 15.0. The van der Waals surface area contributed by atoms with Gasteiger partial charge in [-0.05, 0) is 58.8 Å². The number of hydrogen-bond acceptors (Lipinski definition) is 5. The fourth-order valence-corrected chi connectivity index (χ4v) is 4.07. The molecule has 0 N–H and O–H groups in total. The van der Waals surface area contributed by atoms with Crippen LogP contribution in [0.3, 0.4) is 0 Å². The SMILES string of the molecule is COc1cc(C(=O)c2cn(-c3ccc(F)cc3)cc2-c2ccsc2)cc(OC)c1OC. The zero-order chi connectivity index (χ0) is 22.0. The Kier molecular flexibility index (Phi) is 5.77. The number of hydrogen-bond donors (Lipinski definition) is 0. The van der Waals surface area contributed by atoms with Crippen LogP contribution in [0.5, 0.6) is 17.2 Å². The number of benzene rings is 2. The number of carbonyl (C=O) groups is 1. The number of halogens is 1. The average Bonchev–Trinajstić information content (AvgIpc) is 3.48. The van der Waals surface area contributed by atoms with E-state index in [0.717, 1.165) is 16.8 Å². The molecule has 0 amide bonds. The zero-order valence-corrected chi connectivity index (χ0v) is 18.0. The highest BCUT2D eigenvalue weighted by Crippen LogP contribution is 2.39. The van der Waals surface area contributed by atoms with Crippen LogP contribution >= 0.6 is 11.3 Å². The highest BCUT2D eigenvalue weighted by molar-refractivity contribution is 7.08. The molecule has 4 rings (SSSR count). The summed E-state index contributed by atoms with van der Waals surface area (Å²) in [5.74, 6) is 0.716. The number of thiophene rings is 1. The maximum Gasteiger partial charge on any atom is 0.203 e. The first-order valence-corrected chi connectivity index (χ1v) is 10.3. The normalized spacial score (nSPS) is 10.7. The number of carbonyl (C=O) groups excluding carboxylic acids is 1. The van der Waals surface area contributed by atoms with Gasteiger partial charge in [-0.1, -0.05) is 0 Å². The molecule has 0 saturated carbocycles. The fraction of sp³-hybridized carbons (Fsp3) is 0.125. The van der Waals surface area contributed by atoms with Crippen LogP contribution in [0.15, 0.2) is 65.6 Å². The number of methoxy groups -OCH3 is 3. The first kappa shape index (κ1) is 20.7. The summed E-state index contributed by atoms with van der Waals surface area (Å²) in [6.07, 6.45) is 3.63. The third-order valence-electron chi connectivity index (χ3n) is 4.96. The Morgan fingerprint density at radius 1 is 0.935 bits per heavy atom. The van der Waals surface area contributed by atoms with Crippen molar-refractivity contribution in [3.8, 4) is 34.1 Å². The molecule has 0 radical (unpaired) electrons. The van der Waals surface area contributed by atoms with Gasteiger partial charge in [0, 0.05) is 34.8 Å². The van der Waals surface area contributed by atoms with E-state index >= 15 is 0 Å². The van der Waals surface area contributed by atoms with Crippen molar-refractivity contribution in [3.05, 3.63) is 82.6 Å². The summed E-state index contributed by atoms with van der Waals surface area (Å²) in [7, 11) is 4.53. The fourth-order valence-electron chi connectivity index (χ4n) is 3.41. The molecule has 0 saturated heterocycles. The Bertz CT molecular complexity index is 1190. The molecular weight excluding hydrogens is 417 g/mol. The van der Waals surface area contributed by atoms with Crippen molar-refractivity contribution in [1.82, 2.24) is 4.57 Å². The molecule has 5 nitrogen and oxygen atoms in total. The average molecular weight is 437 g/mol. The highest BCUT2D eigenvalue weighted by atomic mass is 32.1. The molecular formula is C24H20FNO4S. The van der Waals surface area contributed by atoms with E-state index < -0.39 is 0 Å². The van der Waals surface area contributed by atoms with E-state index in [-0.39, 0.29) is 11.6 Å². The predicted molar refractivity (Wildman–Crippen MR) is 119 cm³/mol. The quantitative estimate of drug-likeness (QED) is 0.353. The van der Waals surface area contributed by atoms with Crippen LogP contribution in [0.1, 0.15) is 15.9 Å². The van der Waals surface area contributed by atoms with Gasteiger partial charge in [0.1, 0.15) is 5.82 Å². The molecule has 31 heavy (non-hydrogen) atoms. The van der Waals surface area contributed by atoms with E-state index in [1.54, 1.807) is 41.8 Å². The van der Waals surface area contributed by atoms with Gasteiger partial charge in [0.25, 0.3) is 0 Å². The molecule has 0 aliphatic heterocycles. The van der Waals surface area contributed by atoms with Crippen molar-refractivity contribution in [2.75, 3.05) is 21.3 Å². The van der Waals surface area contributed by atoms with Crippen LogP contribution in [0.25, 0.3) is 16.8 Å². The molecule has 0 fully saturated rings. The summed E-state index contributed by atoms with van der Waals surface area (Å²) in [4.78, 5) is 13.6. The molecule has 2 aromatic carbocycles. The van der Waals surface area contributed by atoms with Crippen LogP contribution in [0.2, 0.25) is 0 Å². The second-order valence-electron chi connectivity index (χ2n) is 6.72. The standard InChI is InChI=1S/C24H20FNO4S/c1-28-21-10-16(11-22(29-2)24(21)30-3)23(27)20-13-26(18-6-4-17(25)5-7-18)12-19(20)15-8-9-31-14-15/h4-14H,1-3H3. The number of ether oxygens (including phenoxy) is 3. The van der Waals surface area contributed by atoms with Gasteiger partial charge in [0.2, 0.25) is 5.75 Å². The minimum atomic E-state index is -0.317. The molecule has 0 bridgehead atoms. The molecule has 158 valence electrons. The Hall–Kier alpha value is -3.58. The van der Waals surface area contributed by atoms with Crippen LogP contribution in [0.4, 0.5) is 4.39 Å². The lowest BCUT2D eigenvalue weighted by atomic mass is 9.99. The maximum atomic E-state index is 13.6. The summed E-state index contributed by atoms with van der Waals surface area (Å²) in [5, 5.41) is 3.94. The minimum Gasteiger partial charge on any atom is -0.493 e. The molecule has 7 heteroatoms. The number of rotatable bonds is 7. The van der Waals surface area contributed by atoms with Gasteiger partial charge in [0.05, 0.1) is 21.3 Å². The topological polar surface area (TPSA) is 49.7 Å². The second kappa shape index (κ2) is 8.65. The van der Waals surface area contributed by atoms with Crippen LogP contribution < -0.4 is 14.2 Å². The molecule has 0 unspecified atom stereocenters. The third-order valence-corrected chi connectivity index (χ3v) is 5.64. The van der Waals surface area contributed by atoms with Crippen molar-refractivity contribution in [2.45, 2.75) is 0 Å². The van der Waals surface area contributed by atoms with E-state index in [1.165, 1.54) is 33.5 Å². The van der Waals surface area contributed by atoms with E-state index in [4.69, 9.17) is 14.2 Å². The summed E-state index contributed by atoms with van der Waals surface area (Å²) < 4.78 is 31.3. The molecule has 0 spiro atoms. The van der Waals surface area contributed by atoms with Crippen molar-refractivity contribution in [3.63, 3.8) is 0 Å². The number of ketones is 1. The van der Waals surface area contributed by atoms with Crippen LogP contribution in [-0.2, 0) is 0 Å². The van der Waals surface area contributed by atoms with Gasteiger partial charge in [-0.2, -0.15) is 11.3 Å². The molecule has 0 aliphatic carbocycles. The maximum absolute atomic E-state index is 13.6. The van der Waals surface area contributed by atoms with Crippen LogP contribution in [-0.4, -0.2) is 31.7 Å². The molecule has 0 aliphatic rings. The molecule has 0 atom stereocenters. The summed E-state index contributed by atoms with van der Waals surface area (Å²) in [6.45, 7) is 0. The molecule has 2 heterocycles. The highest BCUT2D eigenvalue weighted by Gasteiger charge is 2.22. The van der Waals surface area contributed by atoms with E-state index in [0.29, 0.717) is 28.4 Å². The monoisotopic (exact) mass is 437 g/mol. The van der Waals surface area contributed by atoms with Crippen molar-refractivity contribution in [2.24, 2.45) is 0 Å². The lowest BCUT2D eigenvalue weighted by Crippen LogP contribution is -2.04. The lowest BCUT2D eigenvalue weighted by Gasteiger charge is -2.13.